The number of rotatable bonds is 1. The van der Waals surface area contributed by atoms with Crippen LogP contribution in [-0.2, 0) is 19.4 Å². The van der Waals surface area contributed by atoms with E-state index in [1.165, 1.54) is 0 Å². The monoisotopic (exact) mass is 247 g/mol. The van der Waals surface area contributed by atoms with E-state index in [9.17, 15) is 13.2 Å². The molecule has 2 unspecified atom stereocenters. The van der Waals surface area contributed by atoms with Crippen molar-refractivity contribution in [2.24, 2.45) is 5.92 Å². The van der Waals surface area contributed by atoms with Crippen LogP contribution in [-0.4, -0.2) is 44.6 Å². The molecule has 2 heterocycles. The molecule has 0 aliphatic carbocycles. The summed E-state index contributed by atoms with van der Waals surface area (Å²) in [4.78, 5) is 11.0. The lowest BCUT2D eigenvalue weighted by Crippen LogP contribution is -2.56. The molecular weight excluding hydrogens is 230 g/mol. The zero-order valence-electron chi connectivity index (χ0n) is 9.36. The maximum absolute atomic E-state index is 11.6. The summed E-state index contributed by atoms with van der Waals surface area (Å²) in [5, 5.41) is 2.74. The summed E-state index contributed by atoms with van der Waals surface area (Å²) < 4.78 is 28.7. The van der Waals surface area contributed by atoms with E-state index in [2.05, 4.69) is 5.32 Å². The third kappa shape index (κ3) is 2.38. The Morgan fingerprint density at radius 1 is 1.50 bits per heavy atom. The lowest BCUT2D eigenvalue weighted by Gasteiger charge is -2.41. The molecule has 16 heavy (non-hydrogen) atoms. The summed E-state index contributed by atoms with van der Waals surface area (Å²) in [6.45, 7) is 2.33. The highest BCUT2D eigenvalue weighted by atomic mass is 32.2. The van der Waals surface area contributed by atoms with Crippen molar-refractivity contribution in [1.82, 2.24) is 5.32 Å². The van der Waals surface area contributed by atoms with E-state index in [1.807, 2.05) is 6.92 Å². The summed E-state index contributed by atoms with van der Waals surface area (Å²) in [5.41, 5.74) is -0.526. The van der Waals surface area contributed by atoms with Gasteiger partial charge >= 0.3 is 0 Å². The van der Waals surface area contributed by atoms with Crippen molar-refractivity contribution in [3.05, 3.63) is 0 Å². The molecule has 6 heteroatoms. The van der Waals surface area contributed by atoms with Gasteiger partial charge in [-0.3, -0.25) is 4.79 Å². The van der Waals surface area contributed by atoms with Crippen LogP contribution in [0.1, 0.15) is 19.8 Å². The Morgan fingerprint density at radius 3 is 2.81 bits per heavy atom. The number of morpholine rings is 1. The first-order chi connectivity index (χ1) is 7.41. The molecule has 0 saturated carbocycles. The molecule has 2 aliphatic rings. The van der Waals surface area contributed by atoms with Crippen molar-refractivity contribution >= 4 is 15.7 Å². The van der Waals surface area contributed by atoms with Gasteiger partial charge in [0.15, 0.2) is 9.84 Å². The van der Waals surface area contributed by atoms with Gasteiger partial charge in [0.2, 0.25) is 5.91 Å². The van der Waals surface area contributed by atoms with E-state index >= 15 is 0 Å². The molecule has 2 saturated heterocycles. The maximum Gasteiger partial charge on any atom is 0.246 e. The van der Waals surface area contributed by atoms with Crippen LogP contribution in [0.15, 0.2) is 0 Å². The molecule has 2 aliphatic heterocycles. The molecule has 2 atom stereocenters. The zero-order chi connectivity index (χ0) is 11.8. The average Bonchev–Trinajstić information content (AvgIpc) is 2.21. The molecule has 0 radical (unpaired) electrons. The molecular formula is C10H17NO4S. The van der Waals surface area contributed by atoms with E-state index in [1.54, 1.807) is 0 Å². The van der Waals surface area contributed by atoms with Gasteiger partial charge in [-0.2, -0.15) is 0 Å². The van der Waals surface area contributed by atoms with Gasteiger partial charge in [-0.15, -0.1) is 0 Å². The van der Waals surface area contributed by atoms with Crippen LogP contribution >= 0.6 is 0 Å². The maximum atomic E-state index is 11.6. The summed E-state index contributed by atoms with van der Waals surface area (Å²) >= 11 is 0. The van der Waals surface area contributed by atoms with Crippen LogP contribution < -0.4 is 5.32 Å². The molecule has 1 amide bonds. The van der Waals surface area contributed by atoms with E-state index in [0.29, 0.717) is 13.0 Å². The number of carbonyl (C=O) groups excluding carboxylic acids is 1. The van der Waals surface area contributed by atoms with Crippen molar-refractivity contribution in [3.8, 4) is 0 Å². The van der Waals surface area contributed by atoms with Crippen molar-refractivity contribution in [1.29, 1.82) is 0 Å². The molecule has 0 bridgehead atoms. The number of hydrogen-bond acceptors (Lipinski definition) is 4. The van der Waals surface area contributed by atoms with Crippen LogP contribution in [0, 0.1) is 5.92 Å². The first kappa shape index (κ1) is 11.9. The fraction of sp³-hybridized carbons (Fsp3) is 0.900. The van der Waals surface area contributed by atoms with Gasteiger partial charge in [0.1, 0.15) is 6.61 Å². The number of amides is 1. The first-order valence-electron chi connectivity index (χ1n) is 5.52. The summed E-state index contributed by atoms with van der Waals surface area (Å²) in [5.74, 6) is 0.327. The van der Waals surface area contributed by atoms with Gasteiger partial charge in [0.05, 0.1) is 17.1 Å². The molecule has 0 aromatic rings. The smallest absolute Gasteiger partial charge is 0.246 e. The van der Waals surface area contributed by atoms with Gasteiger partial charge in [0, 0.05) is 12.5 Å². The van der Waals surface area contributed by atoms with Gasteiger partial charge in [-0.05, 0) is 19.8 Å². The fourth-order valence-electron chi connectivity index (χ4n) is 2.37. The average molecular weight is 247 g/mol. The van der Waals surface area contributed by atoms with Crippen LogP contribution in [0.4, 0.5) is 0 Å². The molecule has 92 valence electrons. The molecule has 5 nitrogen and oxygen atoms in total. The third-order valence-electron chi connectivity index (χ3n) is 3.50. The molecule has 0 aromatic carbocycles. The Bertz CT molecular complexity index is 380. The van der Waals surface area contributed by atoms with Crippen molar-refractivity contribution in [2.75, 3.05) is 24.7 Å². The SMILES string of the molecule is CC1(C2CCCS(=O)(=O)C2)CNC(=O)CO1. The summed E-state index contributed by atoms with van der Waals surface area (Å²) in [6.07, 6.45) is 1.55. The van der Waals surface area contributed by atoms with Crippen LogP contribution in [0.3, 0.4) is 0 Å². The molecule has 0 aromatic heterocycles. The highest BCUT2D eigenvalue weighted by molar-refractivity contribution is 7.91. The van der Waals surface area contributed by atoms with Crippen molar-refractivity contribution in [2.45, 2.75) is 25.4 Å². The predicted octanol–water partition coefficient (Wildman–Crippen LogP) is -0.284. The first-order valence-corrected chi connectivity index (χ1v) is 7.34. The normalized spacial score (nSPS) is 39.1. The third-order valence-corrected chi connectivity index (χ3v) is 5.32. The number of hydrogen-bond donors (Lipinski definition) is 1. The Labute approximate surface area is 95.5 Å². The van der Waals surface area contributed by atoms with E-state index < -0.39 is 15.4 Å². The largest absolute Gasteiger partial charge is 0.363 e. The molecule has 1 N–H and O–H groups in total. The van der Waals surface area contributed by atoms with Gasteiger partial charge in [0.25, 0.3) is 0 Å². The van der Waals surface area contributed by atoms with Gasteiger partial charge in [-0.1, -0.05) is 0 Å². The lowest BCUT2D eigenvalue weighted by atomic mass is 9.85. The van der Waals surface area contributed by atoms with E-state index in [-0.39, 0.29) is 29.9 Å². The predicted molar refractivity (Wildman–Crippen MR) is 58.7 cm³/mol. The number of carbonyl (C=O) groups is 1. The summed E-state index contributed by atoms with van der Waals surface area (Å²) in [6, 6.07) is 0. The highest BCUT2D eigenvalue weighted by Crippen LogP contribution is 2.32. The highest BCUT2D eigenvalue weighted by Gasteiger charge is 2.42. The molecule has 2 rings (SSSR count). The Hall–Kier alpha value is -0.620. The topological polar surface area (TPSA) is 72.5 Å². The van der Waals surface area contributed by atoms with E-state index in [4.69, 9.17) is 4.74 Å². The standard InChI is InChI=1S/C10H17NO4S/c1-10(7-11-9(12)5-15-10)8-3-2-4-16(13,14)6-8/h8H,2-7H2,1H3,(H,11,12). The minimum atomic E-state index is -2.93. The quantitative estimate of drug-likeness (QED) is 0.691. The van der Waals surface area contributed by atoms with E-state index in [0.717, 1.165) is 6.42 Å². The lowest BCUT2D eigenvalue weighted by molar-refractivity contribution is -0.148. The van der Waals surface area contributed by atoms with Crippen molar-refractivity contribution < 1.29 is 17.9 Å². The number of sulfone groups is 1. The Kier molecular flexibility index (Phi) is 2.96. The van der Waals surface area contributed by atoms with Gasteiger partial charge < -0.3 is 10.1 Å². The molecule has 2 fully saturated rings. The van der Waals surface area contributed by atoms with Crippen LogP contribution in [0.25, 0.3) is 0 Å². The second kappa shape index (κ2) is 4.00. The second-order valence-electron chi connectivity index (χ2n) is 4.83. The minimum Gasteiger partial charge on any atom is -0.363 e. The minimum absolute atomic E-state index is 0.00755. The Balaban J connectivity index is 2.09. The fourth-order valence-corrected chi connectivity index (χ4v) is 4.28. The number of ether oxygens (including phenoxy) is 1. The van der Waals surface area contributed by atoms with Crippen LogP contribution in [0.5, 0.6) is 0 Å². The molecule has 0 spiro atoms. The summed E-state index contributed by atoms with van der Waals surface area (Å²) in [7, 11) is -2.93. The zero-order valence-corrected chi connectivity index (χ0v) is 10.2. The Morgan fingerprint density at radius 2 is 2.25 bits per heavy atom. The number of nitrogens with one attached hydrogen (secondary N) is 1. The van der Waals surface area contributed by atoms with Gasteiger partial charge in [-0.25, -0.2) is 8.42 Å². The van der Waals surface area contributed by atoms with Crippen molar-refractivity contribution in [3.63, 3.8) is 0 Å². The second-order valence-corrected chi connectivity index (χ2v) is 7.06. The van der Waals surface area contributed by atoms with Crippen LogP contribution in [0.2, 0.25) is 0 Å².